The molecule has 1 heterocycles. The van der Waals surface area contributed by atoms with E-state index < -0.39 is 0 Å². The lowest BCUT2D eigenvalue weighted by molar-refractivity contribution is 0.357. The molecule has 4 nitrogen and oxygen atoms in total. The molecule has 2 N–H and O–H groups in total. The van der Waals surface area contributed by atoms with Crippen molar-refractivity contribution >= 4 is 0 Å². The zero-order valence-electron chi connectivity index (χ0n) is 9.44. The third kappa shape index (κ3) is 2.56. The summed E-state index contributed by atoms with van der Waals surface area (Å²) in [4.78, 5) is 4.37. The fourth-order valence-corrected chi connectivity index (χ4v) is 1.63. The number of aromatic nitrogens is 2. The third-order valence-corrected chi connectivity index (χ3v) is 3.17. The van der Waals surface area contributed by atoms with Gasteiger partial charge in [-0.2, -0.15) is 4.98 Å². The highest BCUT2D eigenvalue weighted by atomic mass is 16.5. The van der Waals surface area contributed by atoms with E-state index in [2.05, 4.69) is 24.0 Å². The molecule has 4 heteroatoms. The molecule has 1 aliphatic carbocycles. The molecule has 0 spiro atoms. The van der Waals surface area contributed by atoms with E-state index in [-0.39, 0.29) is 6.04 Å². The summed E-state index contributed by atoms with van der Waals surface area (Å²) in [6, 6.07) is 0.204. The Bertz CT molecular complexity index is 319. The van der Waals surface area contributed by atoms with Crippen LogP contribution < -0.4 is 5.73 Å². The maximum atomic E-state index is 6.00. The zero-order chi connectivity index (χ0) is 10.8. The first kappa shape index (κ1) is 10.6. The standard InChI is InChI=1S/C11H19N3O/c1-3-7(2)11-13-10(15-14-11)6-9(12)8-4-5-8/h7-9H,3-6,12H2,1-2H3. The quantitative estimate of drug-likeness (QED) is 0.804. The second-order valence-corrected chi connectivity index (χ2v) is 4.56. The van der Waals surface area contributed by atoms with Gasteiger partial charge in [0.1, 0.15) is 0 Å². The Labute approximate surface area is 90.2 Å². The monoisotopic (exact) mass is 209 g/mol. The average Bonchev–Trinajstić information content (AvgIpc) is 2.99. The highest BCUT2D eigenvalue weighted by Gasteiger charge is 2.29. The molecule has 0 aromatic carbocycles. The van der Waals surface area contributed by atoms with Gasteiger partial charge in [0.05, 0.1) is 0 Å². The topological polar surface area (TPSA) is 64.9 Å². The van der Waals surface area contributed by atoms with Crippen LogP contribution in [0.25, 0.3) is 0 Å². The van der Waals surface area contributed by atoms with Crippen molar-refractivity contribution in [2.45, 2.75) is 51.5 Å². The minimum absolute atomic E-state index is 0.204. The number of hydrogen-bond acceptors (Lipinski definition) is 4. The second-order valence-electron chi connectivity index (χ2n) is 4.56. The number of nitrogens with zero attached hydrogens (tertiary/aromatic N) is 2. The average molecular weight is 209 g/mol. The lowest BCUT2D eigenvalue weighted by atomic mass is 10.1. The van der Waals surface area contributed by atoms with E-state index in [9.17, 15) is 0 Å². The molecular formula is C11H19N3O. The van der Waals surface area contributed by atoms with Crippen LogP contribution in [0.15, 0.2) is 4.52 Å². The van der Waals surface area contributed by atoms with Crippen LogP contribution in [-0.4, -0.2) is 16.2 Å². The van der Waals surface area contributed by atoms with Gasteiger partial charge in [-0.15, -0.1) is 0 Å². The Kier molecular flexibility index (Phi) is 3.05. The van der Waals surface area contributed by atoms with Crippen molar-refractivity contribution in [3.05, 3.63) is 11.7 Å². The molecule has 1 aliphatic rings. The summed E-state index contributed by atoms with van der Waals surface area (Å²) in [6.45, 7) is 4.23. The first-order valence-corrected chi connectivity index (χ1v) is 5.78. The predicted octanol–water partition coefficient (Wildman–Crippen LogP) is 1.86. The van der Waals surface area contributed by atoms with Crippen molar-refractivity contribution in [2.75, 3.05) is 0 Å². The first-order chi connectivity index (χ1) is 7.20. The molecule has 0 aliphatic heterocycles. The van der Waals surface area contributed by atoms with E-state index in [0.29, 0.717) is 17.7 Å². The number of nitrogens with two attached hydrogens (primary N) is 1. The maximum Gasteiger partial charge on any atom is 0.228 e. The van der Waals surface area contributed by atoms with Crippen molar-refractivity contribution in [1.29, 1.82) is 0 Å². The van der Waals surface area contributed by atoms with Crippen molar-refractivity contribution in [3.63, 3.8) is 0 Å². The minimum Gasteiger partial charge on any atom is -0.339 e. The molecule has 1 fully saturated rings. The summed E-state index contributed by atoms with van der Waals surface area (Å²) >= 11 is 0. The summed E-state index contributed by atoms with van der Waals surface area (Å²) in [7, 11) is 0. The van der Waals surface area contributed by atoms with Gasteiger partial charge in [-0.1, -0.05) is 19.0 Å². The predicted molar refractivity (Wildman–Crippen MR) is 57.4 cm³/mol. The van der Waals surface area contributed by atoms with Gasteiger partial charge in [0.2, 0.25) is 5.89 Å². The Morgan fingerprint density at radius 3 is 2.87 bits per heavy atom. The van der Waals surface area contributed by atoms with Gasteiger partial charge in [0, 0.05) is 18.4 Å². The van der Waals surface area contributed by atoms with Crippen molar-refractivity contribution in [2.24, 2.45) is 11.7 Å². The van der Waals surface area contributed by atoms with Gasteiger partial charge in [-0.3, -0.25) is 0 Å². The molecule has 1 aromatic heterocycles. The lowest BCUT2D eigenvalue weighted by Gasteiger charge is -2.05. The lowest BCUT2D eigenvalue weighted by Crippen LogP contribution is -2.25. The summed E-state index contributed by atoms with van der Waals surface area (Å²) in [6.07, 6.45) is 4.28. The molecule has 0 radical (unpaired) electrons. The first-order valence-electron chi connectivity index (χ1n) is 5.78. The Morgan fingerprint density at radius 2 is 2.27 bits per heavy atom. The fourth-order valence-electron chi connectivity index (χ4n) is 1.63. The van der Waals surface area contributed by atoms with Gasteiger partial charge in [-0.25, -0.2) is 0 Å². The largest absolute Gasteiger partial charge is 0.339 e. The summed E-state index contributed by atoms with van der Waals surface area (Å²) in [5.41, 5.74) is 6.00. The molecule has 2 rings (SSSR count). The van der Waals surface area contributed by atoms with E-state index >= 15 is 0 Å². The van der Waals surface area contributed by atoms with Gasteiger partial charge in [0.15, 0.2) is 5.82 Å². The van der Waals surface area contributed by atoms with Crippen LogP contribution in [0.2, 0.25) is 0 Å². The molecule has 0 amide bonds. The summed E-state index contributed by atoms with van der Waals surface area (Å²) in [5.74, 6) is 2.57. The van der Waals surface area contributed by atoms with Crippen LogP contribution in [0.3, 0.4) is 0 Å². The van der Waals surface area contributed by atoms with Gasteiger partial charge < -0.3 is 10.3 Å². The van der Waals surface area contributed by atoms with Crippen LogP contribution in [0.5, 0.6) is 0 Å². The van der Waals surface area contributed by atoms with Gasteiger partial charge in [0.25, 0.3) is 0 Å². The van der Waals surface area contributed by atoms with Crippen LogP contribution >= 0.6 is 0 Å². The molecule has 2 unspecified atom stereocenters. The zero-order valence-corrected chi connectivity index (χ0v) is 9.44. The smallest absolute Gasteiger partial charge is 0.228 e. The molecule has 84 valence electrons. The second kappa shape index (κ2) is 4.31. The van der Waals surface area contributed by atoms with E-state index in [1.165, 1.54) is 12.8 Å². The van der Waals surface area contributed by atoms with Crippen molar-refractivity contribution in [1.82, 2.24) is 10.1 Å². The molecule has 1 saturated carbocycles. The highest BCUT2D eigenvalue weighted by molar-refractivity contribution is 4.96. The van der Waals surface area contributed by atoms with E-state index in [4.69, 9.17) is 10.3 Å². The summed E-state index contributed by atoms with van der Waals surface area (Å²) < 4.78 is 5.20. The van der Waals surface area contributed by atoms with E-state index in [1.807, 2.05) is 0 Å². The van der Waals surface area contributed by atoms with Crippen LogP contribution in [0.4, 0.5) is 0 Å². The van der Waals surface area contributed by atoms with Crippen molar-refractivity contribution in [3.8, 4) is 0 Å². The highest BCUT2D eigenvalue weighted by Crippen LogP contribution is 2.32. The molecule has 15 heavy (non-hydrogen) atoms. The Balaban J connectivity index is 1.94. The van der Waals surface area contributed by atoms with Crippen LogP contribution in [0, 0.1) is 5.92 Å². The SMILES string of the molecule is CCC(C)c1noc(CC(N)C2CC2)n1. The molecule has 0 saturated heterocycles. The normalized spacial score (nSPS) is 20.2. The van der Waals surface area contributed by atoms with Crippen LogP contribution in [-0.2, 0) is 6.42 Å². The van der Waals surface area contributed by atoms with Crippen LogP contribution in [0.1, 0.15) is 50.7 Å². The molecular weight excluding hydrogens is 190 g/mol. The van der Waals surface area contributed by atoms with E-state index in [0.717, 1.165) is 18.7 Å². The Morgan fingerprint density at radius 1 is 1.53 bits per heavy atom. The van der Waals surface area contributed by atoms with Crippen molar-refractivity contribution < 1.29 is 4.52 Å². The maximum absolute atomic E-state index is 6.00. The van der Waals surface area contributed by atoms with Gasteiger partial charge in [-0.05, 0) is 25.2 Å². The molecule has 2 atom stereocenters. The van der Waals surface area contributed by atoms with Gasteiger partial charge >= 0.3 is 0 Å². The number of hydrogen-bond donors (Lipinski definition) is 1. The minimum atomic E-state index is 0.204. The fraction of sp³-hybridized carbons (Fsp3) is 0.818. The number of rotatable bonds is 5. The summed E-state index contributed by atoms with van der Waals surface area (Å²) in [5, 5.41) is 3.98. The third-order valence-electron chi connectivity index (χ3n) is 3.17. The Hall–Kier alpha value is -0.900. The molecule has 1 aromatic rings. The molecule has 0 bridgehead atoms. The van der Waals surface area contributed by atoms with E-state index in [1.54, 1.807) is 0 Å².